The van der Waals surface area contributed by atoms with Crippen LogP contribution >= 0.6 is 0 Å². The molecule has 1 aliphatic heterocycles. The molecular formula is C13H26N2O2. The second-order valence-electron chi connectivity index (χ2n) is 5.76. The molecule has 1 aliphatic rings. The van der Waals surface area contributed by atoms with E-state index in [0.717, 1.165) is 25.9 Å². The van der Waals surface area contributed by atoms with Crippen LogP contribution in [0.15, 0.2) is 0 Å². The molecule has 0 aromatic heterocycles. The van der Waals surface area contributed by atoms with Gasteiger partial charge in [0.2, 0.25) is 0 Å². The quantitative estimate of drug-likeness (QED) is 0.808. The van der Waals surface area contributed by atoms with E-state index in [9.17, 15) is 4.79 Å². The van der Waals surface area contributed by atoms with Gasteiger partial charge in [0, 0.05) is 25.2 Å². The topological polar surface area (TPSA) is 41.6 Å². The van der Waals surface area contributed by atoms with E-state index in [0.29, 0.717) is 12.1 Å². The average Bonchev–Trinajstić information content (AvgIpc) is 2.26. The number of carbonyl (C=O) groups excluding carboxylic acids is 1. The maximum Gasteiger partial charge on any atom is 0.410 e. The van der Waals surface area contributed by atoms with Crippen molar-refractivity contribution >= 4 is 6.09 Å². The van der Waals surface area contributed by atoms with Crippen molar-refractivity contribution in [3.8, 4) is 0 Å². The van der Waals surface area contributed by atoms with Gasteiger partial charge in [0.25, 0.3) is 0 Å². The standard InChI is InChI=1S/C13H26N2O2/c1-6-10-8-15(9-11(7-2)14-10)12(16)17-13(3,4)5/h10-11,14H,6-9H2,1-5H3. The van der Waals surface area contributed by atoms with Crippen LogP contribution in [0.2, 0.25) is 0 Å². The van der Waals surface area contributed by atoms with Crippen molar-refractivity contribution in [2.24, 2.45) is 0 Å². The molecule has 1 N–H and O–H groups in total. The Hall–Kier alpha value is -0.770. The van der Waals surface area contributed by atoms with Gasteiger partial charge in [0.15, 0.2) is 0 Å². The number of amides is 1. The Balaban J connectivity index is 2.59. The summed E-state index contributed by atoms with van der Waals surface area (Å²) >= 11 is 0. The summed E-state index contributed by atoms with van der Waals surface area (Å²) in [6.45, 7) is 11.5. The predicted octanol–water partition coefficient (Wildman–Crippen LogP) is 2.38. The molecule has 0 saturated carbocycles. The van der Waals surface area contributed by atoms with Crippen LogP contribution < -0.4 is 5.32 Å². The molecule has 0 radical (unpaired) electrons. The number of nitrogens with one attached hydrogen (secondary N) is 1. The molecule has 0 spiro atoms. The van der Waals surface area contributed by atoms with E-state index in [4.69, 9.17) is 4.74 Å². The van der Waals surface area contributed by atoms with Crippen molar-refractivity contribution in [1.29, 1.82) is 0 Å². The minimum absolute atomic E-state index is 0.184. The minimum atomic E-state index is -0.411. The zero-order valence-corrected chi connectivity index (χ0v) is 11.7. The molecule has 0 bridgehead atoms. The largest absolute Gasteiger partial charge is 0.444 e. The highest BCUT2D eigenvalue weighted by molar-refractivity contribution is 5.68. The molecule has 17 heavy (non-hydrogen) atoms. The third-order valence-corrected chi connectivity index (χ3v) is 2.99. The van der Waals surface area contributed by atoms with Crippen molar-refractivity contribution in [1.82, 2.24) is 10.2 Å². The molecule has 1 amide bonds. The molecule has 2 unspecified atom stereocenters. The van der Waals surface area contributed by atoms with Gasteiger partial charge in [-0.05, 0) is 33.6 Å². The number of hydrogen-bond acceptors (Lipinski definition) is 3. The Bertz CT molecular complexity index is 249. The monoisotopic (exact) mass is 242 g/mol. The maximum atomic E-state index is 12.0. The van der Waals surface area contributed by atoms with E-state index in [2.05, 4.69) is 19.2 Å². The molecule has 2 atom stereocenters. The smallest absolute Gasteiger partial charge is 0.410 e. The lowest BCUT2D eigenvalue weighted by Gasteiger charge is -2.39. The Kier molecular flexibility index (Phi) is 4.80. The van der Waals surface area contributed by atoms with Crippen LogP contribution in [0.3, 0.4) is 0 Å². The molecule has 1 heterocycles. The van der Waals surface area contributed by atoms with Crippen molar-refractivity contribution < 1.29 is 9.53 Å². The highest BCUT2D eigenvalue weighted by Crippen LogP contribution is 2.14. The zero-order chi connectivity index (χ0) is 13.1. The highest BCUT2D eigenvalue weighted by atomic mass is 16.6. The van der Waals surface area contributed by atoms with Crippen molar-refractivity contribution in [2.75, 3.05) is 13.1 Å². The van der Waals surface area contributed by atoms with Gasteiger partial charge in [0.1, 0.15) is 5.60 Å². The molecule has 0 aromatic carbocycles. The Morgan fingerprint density at radius 2 is 1.71 bits per heavy atom. The second kappa shape index (κ2) is 5.71. The van der Waals surface area contributed by atoms with Gasteiger partial charge in [-0.2, -0.15) is 0 Å². The van der Waals surface area contributed by atoms with Gasteiger partial charge in [-0.1, -0.05) is 13.8 Å². The average molecular weight is 242 g/mol. The van der Waals surface area contributed by atoms with E-state index >= 15 is 0 Å². The lowest BCUT2D eigenvalue weighted by atomic mass is 10.1. The highest BCUT2D eigenvalue weighted by Gasteiger charge is 2.30. The van der Waals surface area contributed by atoms with Gasteiger partial charge in [-0.15, -0.1) is 0 Å². The zero-order valence-electron chi connectivity index (χ0n) is 11.7. The third-order valence-electron chi connectivity index (χ3n) is 2.99. The predicted molar refractivity (Wildman–Crippen MR) is 69.1 cm³/mol. The SMILES string of the molecule is CCC1CN(C(=O)OC(C)(C)C)CC(CC)N1. The Morgan fingerprint density at radius 3 is 2.06 bits per heavy atom. The fourth-order valence-electron chi connectivity index (χ4n) is 2.01. The van der Waals surface area contributed by atoms with E-state index in [1.165, 1.54) is 0 Å². The Morgan fingerprint density at radius 1 is 1.24 bits per heavy atom. The number of nitrogens with zero attached hydrogens (tertiary/aromatic N) is 1. The van der Waals surface area contributed by atoms with Gasteiger partial charge in [-0.3, -0.25) is 0 Å². The molecule has 0 aromatic rings. The molecular weight excluding hydrogens is 216 g/mol. The Labute approximate surface area is 105 Å². The first-order valence-electron chi connectivity index (χ1n) is 6.59. The summed E-state index contributed by atoms with van der Waals surface area (Å²) in [5.41, 5.74) is -0.411. The van der Waals surface area contributed by atoms with E-state index in [-0.39, 0.29) is 6.09 Å². The number of carbonyl (C=O) groups is 1. The van der Waals surface area contributed by atoms with Crippen LogP contribution in [0.1, 0.15) is 47.5 Å². The number of ether oxygens (including phenoxy) is 1. The summed E-state index contributed by atoms with van der Waals surface area (Å²) in [6, 6.07) is 0.780. The van der Waals surface area contributed by atoms with Crippen LogP contribution in [0, 0.1) is 0 Å². The summed E-state index contributed by atoms with van der Waals surface area (Å²) in [4.78, 5) is 13.9. The summed E-state index contributed by atoms with van der Waals surface area (Å²) in [7, 11) is 0. The van der Waals surface area contributed by atoms with Crippen molar-refractivity contribution in [2.45, 2.75) is 65.1 Å². The van der Waals surface area contributed by atoms with E-state index in [1.807, 2.05) is 25.7 Å². The molecule has 1 saturated heterocycles. The molecule has 100 valence electrons. The van der Waals surface area contributed by atoms with Gasteiger partial charge in [-0.25, -0.2) is 4.79 Å². The van der Waals surface area contributed by atoms with Crippen LogP contribution in [0.5, 0.6) is 0 Å². The van der Waals surface area contributed by atoms with Crippen molar-refractivity contribution in [3.63, 3.8) is 0 Å². The first kappa shape index (κ1) is 14.3. The fraction of sp³-hybridized carbons (Fsp3) is 0.923. The van der Waals surface area contributed by atoms with Crippen LogP contribution in [0.25, 0.3) is 0 Å². The third kappa shape index (κ3) is 4.54. The summed E-state index contributed by atoms with van der Waals surface area (Å²) in [6.07, 6.45) is 1.89. The van der Waals surface area contributed by atoms with Crippen LogP contribution in [0.4, 0.5) is 4.79 Å². The summed E-state index contributed by atoms with van der Waals surface area (Å²) in [5, 5.41) is 3.55. The summed E-state index contributed by atoms with van der Waals surface area (Å²) < 4.78 is 5.42. The second-order valence-corrected chi connectivity index (χ2v) is 5.76. The van der Waals surface area contributed by atoms with Gasteiger partial charge in [0.05, 0.1) is 0 Å². The number of rotatable bonds is 2. The number of piperazine rings is 1. The van der Waals surface area contributed by atoms with Gasteiger partial charge < -0.3 is 15.0 Å². The van der Waals surface area contributed by atoms with Crippen molar-refractivity contribution in [3.05, 3.63) is 0 Å². The molecule has 0 aliphatic carbocycles. The maximum absolute atomic E-state index is 12.0. The van der Waals surface area contributed by atoms with Crippen LogP contribution in [-0.4, -0.2) is 41.8 Å². The normalized spacial score (nSPS) is 25.8. The summed E-state index contributed by atoms with van der Waals surface area (Å²) in [5.74, 6) is 0. The lowest BCUT2D eigenvalue weighted by Crippen LogP contribution is -2.58. The first-order chi connectivity index (χ1) is 7.85. The fourth-order valence-corrected chi connectivity index (χ4v) is 2.01. The molecule has 4 nitrogen and oxygen atoms in total. The van der Waals surface area contributed by atoms with Crippen LogP contribution in [-0.2, 0) is 4.74 Å². The molecule has 1 fully saturated rings. The van der Waals surface area contributed by atoms with E-state index < -0.39 is 5.60 Å². The van der Waals surface area contributed by atoms with Gasteiger partial charge >= 0.3 is 6.09 Å². The van der Waals surface area contributed by atoms with E-state index in [1.54, 1.807) is 0 Å². The lowest BCUT2D eigenvalue weighted by molar-refractivity contribution is 0.0149. The minimum Gasteiger partial charge on any atom is -0.444 e. The number of hydrogen-bond donors (Lipinski definition) is 1. The molecule has 4 heteroatoms. The molecule has 1 rings (SSSR count). The first-order valence-corrected chi connectivity index (χ1v) is 6.59.